The second-order valence-corrected chi connectivity index (χ2v) is 27.6. The van der Waals surface area contributed by atoms with Gasteiger partial charge >= 0.3 is 53.7 Å². The van der Waals surface area contributed by atoms with Crippen LogP contribution in [-0.2, 0) is 89.4 Å². The number of anilines is 1. The molecule has 100 heavy (non-hydrogen) atoms. The Bertz CT molecular complexity index is 3620. The molecule has 2 aliphatic rings. The monoisotopic (exact) mass is 1400 g/mol. The molecule has 0 radical (unpaired) electrons. The van der Waals surface area contributed by atoms with Crippen molar-refractivity contribution in [2.45, 2.75) is 150 Å². The number of nitrogens with zero attached hydrogens (tertiary/aromatic N) is 2. The zero-order valence-electron chi connectivity index (χ0n) is 57.8. The summed E-state index contributed by atoms with van der Waals surface area (Å²) in [5.74, 6) is -5.57. The van der Waals surface area contributed by atoms with E-state index in [4.69, 9.17) is 52.4 Å². The Hall–Kier alpha value is -9.35. The molecular formula is C77H92N2O20S. The van der Waals surface area contributed by atoms with E-state index in [1.807, 2.05) is 36.5 Å². The van der Waals surface area contributed by atoms with Gasteiger partial charge in [0, 0.05) is 54.1 Å². The number of hydrogen-bond acceptors (Lipinski definition) is 23. The third-order valence-electron chi connectivity index (χ3n) is 16.8. The second kappa shape index (κ2) is 39.4. The van der Waals surface area contributed by atoms with Crippen LogP contribution in [0, 0.1) is 34.5 Å². The van der Waals surface area contributed by atoms with E-state index in [1.165, 1.54) is 0 Å². The van der Waals surface area contributed by atoms with Gasteiger partial charge < -0.3 is 52.3 Å². The number of unbranched alkanes of at least 4 members (excludes halogenated alkanes) is 3. The Kier molecular flexibility index (Phi) is 30.8. The van der Waals surface area contributed by atoms with Crippen LogP contribution >= 0.6 is 11.3 Å². The van der Waals surface area contributed by atoms with Crippen LogP contribution < -0.4 is 23.8 Å². The van der Waals surface area contributed by atoms with Gasteiger partial charge in [-0.3, -0.25) is 38.4 Å². The molecule has 0 amide bonds. The van der Waals surface area contributed by atoms with Crippen LogP contribution in [0.1, 0.15) is 154 Å². The van der Waals surface area contributed by atoms with Crippen LogP contribution in [0.25, 0.3) is 16.3 Å². The fraction of sp³-hybridized carbons (Fsp3) is 0.468. The fourth-order valence-corrected chi connectivity index (χ4v) is 11.8. The Labute approximate surface area is 588 Å². The molecule has 0 aliphatic heterocycles. The Morgan fingerprint density at radius 1 is 0.540 bits per heavy atom. The molecule has 2 saturated carbocycles. The van der Waals surface area contributed by atoms with E-state index < -0.39 is 88.2 Å². The lowest BCUT2D eigenvalue weighted by Gasteiger charge is -2.26. The minimum atomic E-state index is -0.629. The van der Waals surface area contributed by atoms with E-state index in [9.17, 15) is 47.9 Å². The molecule has 0 unspecified atom stereocenters. The highest BCUT2D eigenvalue weighted by molar-refractivity contribution is 7.22. The number of ether oxygens (including phenoxy) is 10. The molecule has 0 saturated heterocycles. The van der Waals surface area contributed by atoms with Crippen molar-refractivity contribution in [2.75, 3.05) is 51.1 Å². The summed E-state index contributed by atoms with van der Waals surface area (Å²) in [5.41, 5.74) is 1.67. The fourth-order valence-electron chi connectivity index (χ4n) is 10.8. The minimum Gasteiger partial charge on any atom is -0.465 e. The molecule has 0 spiro atoms. The molecule has 22 nitrogen and oxygen atoms in total. The second-order valence-electron chi connectivity index (χ2n) is 26.6. The number of thiazole rings is 1. The zero-order chi connectivity index (χ0) is 72.0. The molecule has 2 aliphatic carbocycles. The highest BCUT2D eigenvalue weighted by Crippen LogP contribution is 2.37. The molecule has 0 atom stereocenters. The number of esters is 9. The highest BCUT2D eigenvalue weighted by atomic mass is 32.1. The van der Waals surface area contributed by atoms with Gasteiger partial charge in [0.05, 0.1) is 92.8 Å². The van der Waals surface area contributed by atoms with Gasteiger partial charge in [0.1, 0.15) is 29.6 Å². The molecule has 0 N–H and O–H groups in total. The third kappa shape index (κ3) is 26.7. The SMILES string of the molecule is C=CC(=O)OCC(C)(C)COC(=O)CCC(=O)COCc1ccc(OC(=O)C2CCC(C(=O)Oc3ccc(OC(=O)C4CCC(C(=O)Oc5ccc(CCOC(=O)CCC(=O)OCC(C)(C)COC(=O)C=C)cc5)CC4)c(/C=C/N(CCCCCC)c4nc5ccccc5s4)c3)CC2)cc1. The smallest absolute Gasteiger partial charge is 0.330 e. The first-order valence-electron chi connectivity index (χ1n) is 34.1. The molecule has 536 valence electrons. The Balaban J connectivity index is 0.873. The number of hydrogen-bond donors (Lipinski definition) is 0. The average molecular weight is 1400 g/mol. The first kappa shape index (κ1) is 78.0. The van der Waals surface area contributed by atoms with Gasteiger partial charge in [-0.05, 0) is 130 Å². The maximum absolute atomic E-state index is 14.1. The van der Waals surface area contributed by atoms with Crippen molar-refractivity contribution in [1.82, 2.24) is 4.98 Å². The molecule has 1 heterocycles. The van der Waals surface area contributed by atoms with E-state index >= 15 is 0 Å². The summed E-state index contributed by atoms with van der Waals surface area (Å²) in [6.07, 6.45) is 12.9. The van der Waals surface area contributed by atoms with Gasteiger partial charge in [0.25, 0.3) is 0 Å². The van der Waals surface area contributed by atoms with Crippen LogP contribution in [0.3, 0.4) is 0 Å². The van der Waals surface area contributed by atoms with Gasteiger partial charge in [-0.1, -0.05) is 115 Å². The molecule has 4 aromatic carbocycles. The van der Waals surface area contributed by atoms with Gasteiger partial charge in [0.15, 0.2) is 10.9 Å². The number of ketones is 1. The summed E-state index contributed by atoms with van der Waals surface area (Å²) < 4.78 is 56.3. The summed E-state index contributed by atoms with van der Waals surface area (Å²) in [6, 6.07) is 26.4. The predicted octanol–water partition coefficient (Wildman–Crippen LogP) is 13.3. The van der Waals surface area contributed by atoms with Crippen molar-refractivity contribution in [2.24, 2.45) is 34.5 Å². The Morgan fingerprint density at radius 3 is 1.53 bits per heavy atom. The number of para-hydroxylation sites is 1. The van der Waals surface area contributed by atoms with Crippen molar-refractivity contribution in [1.29, 1.82) is 0 Å². The lowest BCUT2D eigenvalue weighted by molar-refractivity contribution is -0.154. The Morgan fingerprint density at radius 2 is 1.01 bits per heavy atom. The lowest BCUT2D eigenvalue weighted by Crippen LogP contribution is -2.30. The summed E-state index contributed by atoms with van der Waals surface area (Å²) in [5, 5.41) is 0.797. The van der Waals surface area contributed by atoms with Gasteiger partial charge in [-0.2, -0.15) is 0 Å². The van der Waals surface area contributed by atoms with Crippen LogP contribution in [0.2, 0.25) is 0 Å². The number of carbonyl (C=O) groups is 10. The number of fused-ring (bicyclic) bond motifs is 1. The summed E-state index contributed by atoms with van der Waals surface area (Å²) in [4.78, 5) is 134. The molecule has 2 fully saturated rings. The van der Waals surface area contributed by atoms with Crippen molar-refractivity contribution in [3.05, 3.63) is 139 Å². The first-order chi connectivity index (χ1) is 48.0. The van der Waals surface area contributed by atoms with Crippen molar-refractivity contribution >= 4 is 92.3 Å². The standard InChI is InChI=1S/C77H92N2O20S/c1-8-11-12-15-42-79(75-78-63-16-13-14-17-65(63)100-75)43-40-58-45-62(98-73(88)56-24-22-54(23-25-56)72(87)97-61-33-20-53(21-34-61)46-90-47-59(80)30-37-69(84)94-50-76(4,5)48-92-66(81)9-2)35-36-64(58)99-74(89)57-28-26-55(27-29-57)71(86)96-60-31-18-52(19-32-60)41-44-91-68(83)38-39-70(85)95-51-77(6,7)49-93-67(82)10-3/h9-10,13-14,16-21,31-36,40,43,45,54-57H,2-3,8,11-12,15,22-30,37-39,41-42,44,46-51H2,1,4-7H3/b43-40+. The van der Waals surface area contributed by atoms with Crippen molar-refractivity contribution in [3.8, 4) is 23.0 Å². The normalized spacial score (nSPS) is 16.1. The molecule has 5 aromatic rings. The summed E-state index contributed by atoms with van der Waals surface area (Å²) >= 11 is 1.57. The molecule has 7 rings (SSSR count). The van der Waals surface area contributed by atoms with Crippen LogP contribution in [-0.4, -0.2) is 111 Å². The van der Waals surface area contributed by atoms with Crippen LogP contribution in [0.15, 0.2) is 123 Å². The largest absolute Gasteiger partial charge is 0.465 e. The maximum Gasteiger partial charge on any atom is 0.330 e. The van der Waals surface area contributed by atoms with Crippen LogP contribution in [0.5, 0.6) is 23.0 Å². The highest BCUT2D eigenvalue weighted by Gasteiger charge is 2.35. The van der Waals surface area contributed by atoms with E-state index in [0.29, 0.717) is 81.4 Å². The maximum atomic E-state index is 14.1. The molecule has 23 heteroatoms. The minimum absolute atomic E-state index is 0.00327. The number of Topliss-reactive ketones (excluding diaryl/α,β-unsaturated/α-hetero) is 1. The summed E-state index contributed by atoms with van der Waals surface area (Å²) in [7, 11) is 0. The number of carbonyl (C=O) groups excluding carboxylic acids is 10. The van der Waals surface area contributed by atoms with Gasteiger partial charge in [-0.15, -0.1) is 0 Å². The molecule has 1 aromatic heterocycles. The van der Waals surface area contributed by atoms with E-state index in [2.05, 4.69) is 25.0 Å². The van der Waals surface area contributed by atoms with E-state index in [1.54, 1.807) is 106 Å². The van der Waals surface area contributed by atoms with Crippen LogP contribution in [0.4, 0.5) is 5.13 Å². The van der Waals surface area contributed by atoms with Gasteiger partial charge in [-0.25, -0.2) is 14.6 Å². The topological polar surface area (TPSA) is 279 Å². The number of rotatable bonds is 39. The number of benzene rings is 4. The lowest BCUT2D eigenvalue weighted by atomic mass is 9.82. The van der Waals surface area contributed by atoms with Crippen molar-refractivity contribution < 1.29 is 95.3 Å². The van der Waals surface area contributed by atoms with Gasteiger partial charge in [0.2, 0.25) is 0 Å². The average Bonchev–Trinajstić information content (AvgIpc) is 1.67. The molecule has 0 bridgehead atoms. The van der Waals surface area contributed by atoms with Crippen molar-refractivity contribution in [3.63, 3.8) is 0 Å². The predicted molar refractivity (Wildman–Crippen MR) is 372 cm³/mol. The first-order valence-corrected chi connectivity index (χ1v) is 34.9. The van der Waals surface area contributed by atoms with E-state index in [-0.39, 0.29) is 89.2 Å². The number of aromatic nitrogens is 1. The third-order valence-corrected chi connectivity index (χ3v) is 17.9. The summed E-state index contributed by atoms with van der Waals surface area (Å²) in [6.45, 7) is 16.6. The van der Waals surface area contributed by atoms with E-state index in [0.717, 1.165) is 64.3 Å². The zero-order valence-corrected chi connectivity index (χ0v) is 58.7. The molecular weight excluding hydrogens is 1300 g/mol. The quantitative estimate of drug-likeness (QED) is 0.0116.